The zero-order valence-electron chi connectivity index (χ0n) is 26.0. The molecule has 0 aromatic carbocycles. The fourth-order valence-electron chi connectivity index (χ4n) is 5.02. The molecule has 2 N–H and O–H groups in total. The van der Waals surface area contributed by atoms with E-state index >= 15 is 0 Å². The molecule has 3 saturated heterocycles. The van der Waals surface area contributed by atoms with Gasteiger partial charge in [0.15, 0.2) is 29.2 Å². The van der Waals surface area contributed by atoms with Crippen LogP contribution >= 0.6 is 67.8 Å². The second-order valence-electron chi connectivity index (χ2n) is 12.3. The summed E-state index contributed by atoms with van der Waals surface area (Å²) in [6, 6.07) is -0.926. The van der Waals surface area contributed by atoms with E-state index in [4.69, 9.17) is 33.2 Å². The molecule has 4 rings (SSSR count). The highest BCUT2D eigenvalue weighted by Crippen LogP contribution is 2.49. The van der Waals surface area contributed by atoms with Crippen LogP contribution in [0.25, 0.3) is 0 Å². The minimum Gasteiger partial charge on any atom is -0.362 e. The van der Waals surface area contributed by atoms with Crippen LogP contribution in [0.4, 0.5) is 0 Å². The van der Waals surface area contributed by atoms with Crippen LogP contribution in [-0.2, 0) is 47.5 Å². The zero-order chi connectivity index (χ0) is 32.8. The number of hydrogen-bond acceptors (Lipinski definition) is 10. The highest BCUT2D eigenvalue weighted by molar-refractivity contribution is 14.1. The number of hydrogen-bond donors (Lipinski definition) is 2. The number of likely N-dealkylation sites (N-methyl/N-ethyl adjacent to an activating group) is 1. The van der Waals surface area contributed by atoms with Gasteiger partial charge in [0.2, 0.25) is 5.91 Å². The molecule has 3 heterocycles. The Bertz CT molecular complexity index is 1220. The number of ether oxygens (including phenoxy) is 7. The van der Waals surface area contributed by atoms with E-state index in [1.54, 1.807) is 48.6 Å². The molecule has 248 valence electrons. The molecule has 0 saturated carbocycles. The number of alkyl halides is 1. The van der Waals surface area contributed by atoms with Crippen molar-refractivity contribution < 1.29 is 47.5 Å². The zero-order valence-corrected chi connectivity index (χ0v) is 32.5. The van der Waals surface area contributed by atoms with Crippen LogP contribution in [0, 0.1) is 0 Å². The highest BCUT2D eigenvalue weighted by Gasteiger charge is 2.57. The lowest BCUT2D eigenvalue weighted by Gasteiger charge is -2.43. The molecule has 44 heavy (non-hydrogen) atoms. The Labute approximate surface area is 298 Å². The van der Waals surface area contributed by atoms with Crippen LogP contribution in [0.15, 0.2) is 18.3 Å². The normalized spacial score (nSPS) is 30.7. The lowest BCUT2D eigenvalue weighted by Crippen LogP contribution is -2.62. The average molecular weight is 959 g/mol. The third-order valence-electron chi connectivity index (χ3n) is 7.67. The van der Waals surface area contributed by atoms with Crippen LogP contribution in [-0.4, -0.2) is 115 Å². The summed E-state index contributed by atoms with van der Waals surface area (Å²) in [5.74, 6) is -3.87. The first-order valence-corrected chi connectivity index (χ1v) is 17.5. The first kappa shape index (κ1) is 36.6. The van der Waals surface area contributed by atoms with Gasteiger partial charge in [-0.1, -0.05) is 22.6 Å². The molecule has 3 unspecified atom stereocenters. The number of nitrogens with one attached hydrogen (secondary N) is 2. The summed E-state index contributed by atoms with van der Waals surface area (Å²) < 4.78 is 40.5. The summed E-state index contributed by atoms with van der Waals surface area (Å²) in [4.78, 5) is 43.9. The average Bonchev–Trinajstić information content (AvgIpc) is 3.30. The fraction of sp³-hybridized carbons (Fsp3) is 0.750. The van der Waals surface area contributed by atoms with Crippen molar-refractivity contribution in [2.75, 3.05) is 47.2 Å². The SMILES string of the molecule is COC1(C(=O)NC2COC(C)(C)OC2)C(I)=C(C(=O)N(C)C2COC(C)(C)O2)C(I)=C(C(=O)NC2COC(C)(C)OC2)C1I. The molecule has 1 aliphatic carbocycles. The molecule has 3 fully saturated rings. The van der Waals surface area contributed by atoms with Crippen molar-refractivity contribution in [3.63, 3.8) is 0 Å². The van der Waals surface area contributed by atoms with Gasteiger partial charge in [0.1, 0.15) is 0 Å². The maximum atomic E-state index is 14.3. The van der Waals surface area contributed by atoms with Crippen molar-refractivity contribution in [3.05, 3.63) is 18.3 Å². The number of carbonyl (C=O) groups excluding carboxylic acids is 3. The molecule has 3 atom stereocenters. The summed E-state index contributed by atoms with van der Waals surface area (Å²) in [5.41, 5.74) is -1.37. The van der Waals surface area contributed by atoms with Gasteiger partial charge >= 0.3 is 0 Å². The Morgan fingerprint density at radius 2 is 1.30 bits per heavy atom. The lowest BCUT2D eigenvalue weighted by atomic mass is 9.83. The Balaban J connectivity index is 1.72. The van der Waals surface area contributed by atoms with Crippen LogP contribution in [0.3, 0.4) is 0 Å². The van der Waals surface area contributed by atoms with Gasteiger partial charge in [-0.2, -0.15) is 0 Å². The van der Waals surface area contributed by atoms with Crippen LogP contribution in [0.2, 0.25) is 0 Å². The summed E-state index contributed by atoms with van der Waals surface area (Å²) in [7, 11) is 2.99. The summed E-state index contributed by atoms with van der Waals surface area (Å²) in [5, 5.41) is 5.94. The Hall–Kier alpha value is -0.200. The predicted molar refractivity (Wildman–Crippen MR) is 183 cm³/mol. The lowest BCUT2D eigenvalue weighted by molar-refractivity contribution is -0.253. The van der Waals surface area contributed by atoms with Crippen molar-refractivity contribution in [1.82, 2.24) is 15.5 Å². The van der Waals surface area contributed by atoms with E-state index in [1.807, 2.05) is 67.8 Å². The maximum Gasteiger partial charge on any atom is 0.259 e. The smallest absolute Gasteiger partial charge is 0.259 e. The largest absolute Gasteiger partial charge is 0.362 e. The molecule has 0 aromatic rings. The van der Waals surface area contributed by atoms with Crippen molar-refractivity contribution in [2.24, 2.45) is 0 Å². The van der Waals surface area contributed by atoms with Crippen LogP contribution in [0.5, 0.6) is 0 Å². The number of halogens is 3. The van der Waals surface area contributed by atoms with E-state index < -0.39 is 62.9 Å². The highest BCUT2D eigenvalue weighted by atomic mass is 127. The number of nitrogens with zero attached hydrogens (tertiary/aromatic N) is 1. The molecule has 0 radical (unpaired) electrons. The van der Waals surface area contributed by atoms with Crippen molar-refractivity contribution in [1.29, 1.82) is 0 Å². The molecular weight excluding hydrogens is 919 g/mol. The molecular formula is C28H40I3N3O10. The third kappa shape index (κ3) is 7.58. The third-order valence-corrected chi connectivity index (χ3v) is 11.6. The molecule has 16 heteroatoms. The minimum absolute atomic E-state index is 0.159. The predicted octanol–water partition coefficient (Wildman–Crippen LogP) is 2.67. The standard InChI is InChI=1S/C28H40I3N3O10/c1-25(2)39-9-14(10-40-25)32-22(35)17-19(29)18(23(36)34(7)16-13-43-27(5,6)44-16)21(31)28(38-8,20(17)30)24(37)33-15-11-41-26(3,4)42-12-15/h14-16,20H,9-13H2,1-8H3,(H,32,35)(H,33,37). The maximum absolute atomic E-state index is 14.3. The number of amides is 3. The molecule has 0 aromatic heterocycles. The van der Waals surface area contributed by atoms with E-state index in [1.165, 1.54) is 12.0 Å². The van der Waals surface area contributed by atoms with Crippen LogP contribution in [0.1, 0.15) is 41.5 Å². The molecule has 0 bridgehead atoms. The van der Waals surface area contributed by atoms with Gasteiger partial charge in [-0.15, -0.1) is 0 Å². The summed E-state index contributed by atoms with van der Waals surface area (Å²) in [6.07, 6.45) is -0.682. The van der Waals surface area contributed by atoms with Gasteiger partial charge in [-0.25, -0.2) is 0 Å². The second kappa shape index (κ2) is 13.7. The van der Waals surface area contributed by atoms with E-state index in [0.29, 0.717) is 7.16 Å². The Morgan fingerprint density at radius 1 is 0.818 bits per heavy atom. The van der Waals surface area contributed by atoms with E-state index in [0.717, 1.165) is 0 Å². The van der Waals surface area contributed by atoms with Gasteiger partial charge in [-0.3, -0.25) is 14.4 Å². The topological polar surface area (TPSA) is 143 Å². The Morgan fingerprint density at radius 3 is 1.75 bits per heavy atom. The first-order valence-electron chi connectivity index (χ1n) is 14.1. The van der Waals surface area contributed by atoms with Gasteiger partial charge < -0.3 is 48.7 Å². The van der Waals surface area contributed by atoms with Crippen LogP contribution < -0.4 is 10.6 Å². The number of rotatable bonds is 7. The van der Waals surface area contributed by atoms with E-state index in [-0.39, 0.29) is 44.2 Å². The minimum atomic E-state index is -1.74. The van der Waals surface area contributed by atoms with E-state index in [2.05, 4.69) is 10.6 Å². The summed E-state index contributed by atoms with van der Waals surface area (Å²) in [6.45, 7) is 11.8. The van der Waals surface area contributed by atoms with Crippen molar-refractivity contribution >= 4 is 85.5 Å². The van der Waals surface area contributed by atoms with Crippen molar-refractivity contribution in [2.45, 2.75) is 86.7 Å². The van der Waals surface area contributed by atoms with Gasteiger partial charge in [-0.05, 0) is 86.7 Å². The van der Waals surface area contributed by atoms with Gasteiger partial charge in [0.05, 0.1) is 54.6 Å². The number of carbonyl (C=O) groups is 3. The molecule has 4 aliphatic rings. The Kier molecular flexibility index (Phi) is 11.4. The van der Waals surface area contributed by atoms with Gasteiger partial charge in [0.25, 0.3) is 11.8 Å². The summed E-state index contributed by atoms with van der Waals surface area (Å²) >= 11 is 6.03. The van der Waals surface area contributed by atoms with Crippen molar-refractivity contribution in [3.8, 4) is 0 Å². The molecule has 13 nitrogen and oxygen atoms in total. The second-order valence-corrected chi connectivity index (χ2v) is 15.7. The van der Waals surface area contributed by atoms with Gasteiger partial charge in [0, 0.05) is 26.9 Å². The monoisotopic (exact) mass is 959 g/mol. The quantitative estimate of drug-likeness (QED) is 0.289. The molecule has 0 spiro atoms. The molecule has 3 aliphatic heterocycles. The first-order chi connectivity index (χ1) is 20.3. The fourth-order valence-corrected chi connectivity index (χ4v) is 10.5. The molecule has 3 amide bonds. The number of methoxy groups -OCH3 is 1. The van der Waals surface area contributed by atoms with E-state index in [9.17, 15) is 14.4 Å².